The van der Waals surface area contributed by atoms with Gasteiger partial charge in [0.05, 0.1) is 8.07 Å². The van der Waals surface area contributed by atoms with Gasteiger partial charge in [0, 0.05) is 19.1 Å². The molecule has 2 nitrogen and oxygen atoms in total. The second-order valence-corrected chi connectivity index (χ2v) is 12.2. The van der Waals surface area contributed by atoms with Gasteiger partial charge in [-0.15, -0.1) is 0 Å². The summed E-state index contributed by atoms with van der Waals surface area (Å²) in [5, 5.41) is 1.55. The molecule has 0 saturated carbocycles. The predicted octanol–water partition coefficient (Wildman–Crippen LogP) is 3.00. The normalized spacial score (nSPS) is 14.1. The first-order valence-electron chi connectivity index (χ1n) is 7.72. The number of nitrogens with zero attached hydrogens (tertiary/aromatic N) is 2. The van der Waals surface area contributed by atoms with Crippen molar-refractivity contribution in [3.8, 4) is 0 Å². The summed E-state index contributed by atoms with van der Waals surface area (Å²) in [6.07, 6.45) is 0. The summed E-state index contributed by atoms with van der Waals surface area (Å²) in [6, 6.07) is 9.90. The Bertz CT molecular complexity index is 392. The van der Waals surface area contributed by atoms with Crippen molar-refractivity contribution in [1.82, 2.24) is 9.80 Å². The van der Waals surface area contributed by atoms with E-state index in [9.17, 15) is 0 Å². The zero-order valence-electron chi connectivity index (χ0n) is 14.4. The van der Waals surface area contributed by atoms with Crippen LogP contribution < -0.4 is 5.19 Å². The first-order valence-corrected chi connectivity index (χ1v) is 11.2. The highest BCUT2D eigenvalue weighted by Gasteiger charge is 2.17. The quantitative estimate of drug-likeness (QED) is 0.713. The Labute approximate surface area is 126 Å². The van der Waals surface area contributed by atoms with Gasteiger partial charge in [-0.25, -0.2) is 0 Å². The molecule has 0 saturated heterocycles. The molecule has 0 heterocycles. The predicted molar refractivity (Wildman–Crippen MR) is 93.5 cm³/mol. The van der Waals surface area contributed by atoms with E-state index < -0.39 is 8.07 Å². The van der Waals surface area contributed by atoms with E-state index in [1.165, 1.54) is 5.56 Å². The summed E-state index contributed by atoms with van der Waals surface area (Å²) >= 11 is 0. The van der Waals surface area contributed by atoms with Gasteiger partial charge in [0.25, 0.3) is 0 Å². The fourth-order valence-corrected chi connectivity index (χ4v) is 3.73. The van der Waals surface area contributed by atoms with E-state index >= 15 is 0 Å². The van der Waals surface area contributed by atoms with Crippen LogP contribution in [0.1, 0.15) is 19.4 Å². The SMILES string of the molecule is CCN(Cc1ccc([Si](C)(C)C)cc1)C(C)CN(C)C. The van der Waals surface area contributed by atoms with Crippen LogP contribution in [0, 0.1) is 0 Å². The summed E-state index contributed by atoms with van der Waals surface area (Å²) < 4.78 is 0. The van der Waals surface area contributed by atoms with Crippen molar-refractivity contribution in [3.05, 3.63) is 29.8 Å². The summed E-state index contributed by atoms with van der Waals surface area (Å²) in [7, 11) is 3.12. The Morgan fingerprint density at radius 2 is 1.60 bits per heavy atom. The molecule has 20 heavy (non-hydrogen) atoms. The zero-order valence-corrected chi connectivity index (χ0v) is 15.4. The smallest absolute Gasteiger partial charge is 0.0775 e. The molecule has 0 bridgehead atoms. The molecular weight excluding hydrogens is 260 g/mol. The van der Waals surface area contributed by atoms with Crippen LogP contribution in [0.5, 0.6) is 0 Å². The van der Waals surface area contributed by atoms with Gasteiger partial charge < -0.3 is 4.90 Å². The van der Waals surface area contributed by atoms with E-state index in [2.05, 4.69) is 81.6 Å². The number of benzene rings is 1. The average Bonchev–Trinajstić information content (AvgIpc) is 2.34. The van der Waals surface area contributed by atoms with Crippen molar-refractivity contribution in [3.63, 3.8) is 0 Å². The fourth-order valence-electron chi connectivity index (χ4n) is 2.57. The van der Waals surface area contributed by atoms with Crippen molar-refractivity contribution >= 4 is 13.3 Å². The Morgan fingerprint density at radius 3 is 2.00 bits per heavy atom. The van der Waals surface area contributed by atoms with Gasteiger partial charge in [0.2, 0.25) is 0 Å². The first kappa shape index (κ1) is 17.4. The van der Waals surface area contributed by atoms with Gasteiger partial charge in [-0.2, -0.15) is 0 Å². The molecule has 0 fully saturated rings. The molecule has 1 rings (SSSR count). The third kappa shape index (κ3) is 5.39. The van der Waals surface area contributed by atoms with E-state index in [0.29, 0.717) is 6.04 Å². The monoisotopic (exact) mass is 292 g/mol. The summed E-state index contributed by atoms with van der Waals surface area (Å²) in [5.74, 6) is 0. The average molecular weight is 293 g/mol. The maximum Gasteiger partial charge on any atom is 0.0775 e. The van der Waals surface area contributed by atoms with Crippen molar-refractivity contribution in [2.24, 2.45) is 0 Å². The van der Waals surface area contributed by atoms with Gasteiger partial charge in [-0.05, 0) is 33.1 Å². The molecule has 0 radical (unpaired) electrons. The van der Waals surface area contributed by atoms with E-state index in [0.717, 1.165) is 19.6 Å². The van der Waals surface area contributed by atoms with Gasteiger partial charge in [-0.3, -0.25) is 4.90 Å². The third-order valence-corrected chi connectivity index (χ3v) is 5.93. The van der Waals surface area contributed by atoms with Crippen LogP contribution in [-0.2, 0) is 6.54 Å². The molecule has 1 aromatic rings. The van der Waals surface area contributed by atoms with Crippen LogP contribution in [-0.4, -0.2) is 51.1 Å². The second-order valence-electron chi connectivity index (χ2n) is 7.12. The van der Waals surface area contributed by atoms with E-state index in [-0.39, 0.29) is 0 Å². The number of rotatable bonds is 7. The second kappa shape index (κ2) is 7.39. The van der Waals surface area contributed by atoms with Crippen molar-refractivity contribution in [2.45, 2.75) is 46.1 Å². The van der Waals surface area contributed by atoms with Crippen molar-refractivity contribution < 1.29 is 0 Å². The lowest BCUT2D eigenvalue weighted by Gasteiger charge is -2.30. The molecule has 3 heteroatoms. The Hall–Kier alpha value is -0.643. The van der Waals surface area contributed by atoms with Crippen molar-refractivity contribution in [1.29, 1.82) is 0 Å². The number of hydrogen-bond acceptors (Lipinski definition) is 2. The molecule has 0 amide bonds. The van der Waals surface area contributed by atoms with Gasteiger partial charge in [0.15, 0.2) is 0 Å². The highest BCUT2D eigenvalue weighted by atomic mass is 28.3. The zero-order chi connectivity index (χ0) is 15.3. The molecule has 0 aliphatic carbocycles. The van der Waals surface area contributed by atoms with Crippen LogP contribution in [0.3, 0.4) is 0 Å². The fraction of sp³-hybridized carbons (Fsp3) is 0.647. The lowest BCUT2D eigenvalue weighted by atomic mass is 10.1. The maximum absolute atomic E-state index is 2.55. The largest absolute Gasteiger partial charge is 0.308 e. The maximum atomic E-state index is 2.55. The lowest BCUT2D eigenvalue weighted by molar-refractivity contribution is 0.174. The molecule has 1 unspecified atom stereocenters. The number of likely N-dealkylation sites (N-methyl/N-ethyl adjacent to an activating group) is 2. The molecule has 0 aromatic heterocycles. The Balaban J connectivity index is 2.71. The molecule has 0 aliphatic rings. The minimum atomic E-state index is -1.17. The molecule has 114 valence electrons. The molecule has 0 N–H and O–H groups in total. The van der Waals surface area contributed by atoms with Crippen LogP contribution in [0.25, 0.3) is 0 Å². The minimum absolute atomic E-state index is 0.590. The molecule has 1 aromatic carbocycles. The van der Waals surface area contributed by atoms with E-state index in [1.807, 2.05) is 0 Å². The van der Waals surface area contributed by atoms with E-state index in [1.54, 1.807) is 5.19 Å². The molecule has 1 atom stereocenters. The first-order chi connectivity index (χ1) is 9.24. The van der Waals surface area contributed by atoms with Crippen molar-refractivity contribution in [2.75, 3.05) is 27.2 Å². The standard InChI is InChI=1S/C17H32N2Si/c1-8-19(15(2)13-18(3)4)14-16-9-11-17(12-10-16)20(5,6)7/h9-12,15H,8,13-14H2,1-7H3. The lowest BCUT2D eigenvalue weighted by Crippen LogP contribution is -2.40. The highest BCUT2D eigenvalue weighted by molar-refractivity contribution is 6.88. The summed E-state index contributed by atoms with van der Waals surface area (Å²) in [5.41, 5.74) is 1.43. The highest BCUT2D eigenvalue weighted by Crippen LogP contribution is 2.10. The Kier molecular flexibility index (Phi) is 6.43. The number of hydrogen-bond donors (Lipinski definition) is 0. The van der Waals surface area contributed by atoms with Gasteiger partial charge in [0.1, 0.15) is 0 Å². The topological polar surface area (TPSA) is 6.48 Å². The Morgan fingerprint density at radius 1 is 1.05 bits per heavy atom. The van der Waals surface area contributed by atoms with Gasteiger partial charge in [-0.1, -0.05) is 56.0 Å². The summed E-state index contributed by atoms with van der Waals surface area (Å²) in [4.78, 5) is 4.81. The molecule has 0 spiro atoms. The summed E-state index contributed by atoms with van der Waals surface area (Å²) in [6.45, 7) is 15.0. The van der Waals surface area contributed by atoms with Crippen LogP contribution in [0.15, 0.2) is 24.3 Å². The molecular formula is C17H32N2Si. The minimum Gasteiger partial charge on any atom is -0.308 e. The van der Waals surface area contributed by atoms with Crippen LogP contribution >= 0.6 is 0 Å². The van der Waals surface area contributed by atoms with Crippen LogP contribution in [0.2, 0.25) is 19.6 Å². The van der Waals surface area contributed by atoms with E-state index in [4.69, 9.17) is 0 Å². The molecule has 0 aliphatic heterocycles. The van der Waals surface area contributed by atoms with Crippen LogP contribution in [0.4, 0.5) is 0 Å². The van der Waals surface area contributed by atoms with Gasteiger partial charge >= 0.3 is 0 Å². The third-order valence-electron chi connectivity index (χ3n) is 3.86.